The van der Waals surface area contributed by atoms with Crippen LogP contribution in [0.3, 0.4) is 0 Å². The highest BCUT2D eigenvalue weighted by Crippen LogP contribution is 2.22. The van der Waals surface area contributed by atoms with Crippen molar-refractivity contribution in [3.05, 3.63) is 28.1 Å². The van der Waals surface area contributed by atoms with Gasteiger partial charge in [0.15, 0.2) is 5.82 Å². The molecule has 6 nitrogen and oxygen atoms in total. The fourth-order valence-corrected chi connectivity index (χ4v) is 2.60. The Balaban J connectivity index is 1.90. The number of rotatable bonds is 7. The molecule has 0 radical (unpaired) electrons. The second-order valence-corrected chi connectivity index (χ2v) is 4.94. The van der Waals surface area contributed by atoms with Crippen molar-refractivity contribution in [3.8, 4) is 0 Å². The number of aromatic nitrogens is 4. The molecular formula is C12H18BrN5O. The Morgan fingerprint density at radius 2 is 2.26 bits per heavy atom. The van der Waals surface area contributed by atoms with E-state index < -0.39 is 0 Å². The van der Waals surface area contributed by atoms with Crippen LogP contribution in [0.2, 0.25) is 0 Å². The molecule has 2 aromatic rings. The molecule has 0 bridgehead atoms. The van der Waals surface area contributed by atoms with Crippen molar-refractivity contribution in [1.29, 1.82) is 0 Å². The van der Waals surface area contributed by atoms with Crippen LogP contribution >= 0.6 is 15.9 Å². The molecule has 0 unspecified atom stereocenters. The molecule has 0 spiro atoms. The lowest BCUT2D eigenvalue weighted by Crippen LogP contribution is -2.19. The van der Waals surface area contributed by atoms with Crippen molar-refractivity contribution in [2.24, 2.45) is 0 Å². The highest BCUT2D eigenvalue weighted by atomic mass is 79.9. The lowest BCUT2D eigenvalue weighted by Gasteiger charge is -2.06. The van der Waals surface area contributed by atoms with E-state index in [1.807, 2.05) is 4.68 Å². The molecule has 2 aromatic heterocycles. The molecule has 7 heteroatoms. The minimum absolute atomic E-state index is 0.727. The highest BCUT2D eigenvalue weighted by molar-refractivity contribution is 9.10. The van der Waals surface area contributed by atoms with Crippen molar-refractivity contribution in [3.63, 3.8) is 0 Å². The van der Waals surface area contributed by atoms with Crippen LogP contribution in [0.15, 0.2) is 15.4 Å². The molecule has 1 N–H and O–H groups in total. The summed E-state index contributed by atoms with van der Waals surface area (Å²) in [7, 11) is 0. The fraction of sp³-hybridized carbons (Fsp3) is 0.583. The maximum Gasteiger partial charge on any atom is 0.213 e. The molecule has 0 amide bonds. The lowest BCUT2D eigenvalue weighted by atomic mass is 10.3. The van der Waals surface area contributed by atoms with Gasteiger partial charge in [0, 0.05) is 26.1 Å². The van der Waals surface area contributed by atoms with Gasteiger partial charge >= 0.3 is 0 Å². The molecule has 0 atom stereocenters. The predicted molar refractivity (Wildman–Crippen MR) is 74.7 cm³/mol. The molecule has 0 aliphatic rings. The van der Waals surface area contributed by atoms with E-state index in [1.54, 1.807) is 0 Å². The number of hydrogen-bond acceptors (Lipinski definition) is 5. The molecule has 0 aliphatic carbocycles. The van der Waals surface area contributed by atoms with Gasteiger partial charge in [-0.05, 0) is 29.3 Å². The molecule has 0 aliphatic heterocycles. The van der Waals surface area contributed by atoms with Gasteiger partial charge < -0.3 is 9.84 Å². The van der Waals surface area contributed by atoms with Crippen molar-refractivity contribution in [1.82, 2.24) is 25.2 Å². The fourth-order valence-electron chi connectivity index (χ4n) is 1.90. The van der Waals surface area contributed by atoms with Crippen LogP contribution in [0.1, 0.15) is 31.1 Å². The van der Waals surface area contributed by atoms with Crippen molar-refractivity contribution in [2.45, 2.75) is 39.8 Å². The van der Waals surface area contributed by atoms with E-state index in [1.165, 1.54) is 12.1 Å². The van der Waals surface area contributed by atoms with E-state index in [2.05, 4.69) is 50.3 Å². The first kappa shape index (κ1) is 14.2. The van der Waals surface area contributed by atoms with Crippen molar-refractivity contribution < 1.29 is 4.52 Å². The van der Waals surface area contributed by atoms with Gasteiger partial charge in [-0.15, -0.1) is 0 Å². The first-order valence-corrected chi connectivity index (χ1v) is 7.25. The molecule has 19 heavy (non-hydrogen) atoms. The van der Waals surface area contributed by atoms with Crippen molar-refractivity contribution in [2.75, 3.05) is 6.54 Å². The summed E-state index contributed by atoms with van der Waals surface area (Å²) >= 11 is 3.63. The first-order valence-electron chi connectivity index (χ1n) is 6.46. The molecular weight excluding hydrogens is 310 g/mol. The van der Waals surface area contributed by atoms with E-state index >= 15 is 0 Å². The van der Waals surface area contributed by atoms with E-state index in [0.717, 1.165) is 48.5 Å². The second-order valence-electron chi connectivity index (χ2n) is 4.15. The molecule has 2 heterocycles. The molecule has 0 saturated heterocycles. The Kier molecular flexibility index (Phi) is 5.09. The normalized spacial score (nSPS) is 11.1. The predicted octanol–water partition coefficient (Wildman–Crippen LogP) is 1.94. The molecule has 0 aromatic carbocycles. The Labute approximate surface area is 120 Å². The van der Waals surface area contributed by atoms with Gasteiger partial charge in [0.1, 0.15) is 0 Å². The van der Waals surface area contributed by atoms with Gasteiger partial charge in [0.05, 0.1) is 15.9 Å². The van der Waals surface area contributed by atoms with E-state index in [9.17, 15) is 0 Å². The maximum absolute atomic E-state index is 4.69. The third-order valence-corrected chi connectivity index (χ3v) is 3.83. The first-order chi connectivity index (χ1) is 9.26. The summed E-state index contributed by atoms with van der Waals surface area (Å²) in [5.74, 6) is 0.727. The summed E-state index contributed by atoms with van der Waals surface area (Å²) in [6.07, 6.45) is 3.05. The quantitative estimate of drug-likeness (QED) is 0.787. The number of halogens is 1. The summed E-state index contributed by atoms with van der Waals surface area (Å²) in [4.78, 5) is 3.98. The summed E-state index contributed by atoms with van der Waals surface area (Å²) in [5, 5.41) is 11.7. The maximum atomic E-state index is 4.69. The van der Waals surface area contributed by atoms with E-state index in [-0.39, 0.29) is 0 Å². The van der Waals surface area contributed by atoms with Gasteiger partial charge in [-0.2, -0.15) is 10.1 Å². The summed E-state index contributed by atoms with van der Waals surface area (Å²) in [6, 6.07) is 0. The van der Waals surface area contributed by atoms with Crippen molar-refractivity contribution >= 4 is 15.9 Å². The van der Waals surface area contributed by atoms with Crippen LogP contribution in [0.25, 0.3) is 0 Å². The number of nitrogens with one attached hydrogen (secondary N) is 1. The van der Waals surface area contributed by atoms with Gasteiger partial charge in [0.25, 0.3) is 0 Å². The average Bonchev–Trinajstić information content (AvgIpc) is 3.03. The smallest absolute Gasteiger partial charge is 0.213 e. The Bertz CT molecular complexity index is 508. The summed E-state index contributed by atoms with van der Waals surface area (Å²) in [6.45, 7) is 6.67. The molecule has 104 valence electrons. The Morgan fingerprint density at radius 3 is 2.89 bits per heavy atom. The van der Waals surface area contributed by atoms with Gasteiger partial charge in [0.2, 0.25) is 6.39 Å². The molecule has 0 saturated carbocycles. The van der Waals surface area contributed by atoms with Gasteiger partial charge in [-0.25, -0.2) is 0 Å². The largest absolute Gasteiger partial charge is 0.343 e. The van der Waals surface area contributed by atoms with E-state index in [4.69, 9.17) is 4.52 Å². The second kappa shape index (κ2) is 6.81. The van der Waals surface area contributed by atoms with Crippen LogP contribution in [0, 0.1) is 0 Å². The molecule has 2 rings (SSSR count). The van der Waals surface area contributed by atoms with Gasteiger partial charge in [-0.1, -0.05) is 12.1 Å². The number of hydrogen-bond donors (Lipinski definition) is 1. The minimum Gasteiger partial charge on any atom is -0.343 e. The SMILES string of the molecule is CCc1nn(CC)c(CNCCc2ncon2)c1Br. The van der Waals surface area contributed by atoms with E-state index in [0.29, 0.717) is 0 Å². The Morgan fingerprint density at radius 1 is 1.42 bits per heavy atom. The van der Waals surface area contributed by atoms with Crippen LogP contribution in [-0.4, -0.2) is 26.5 Å². The monoisotopic (exact) mass is 327 g/mol. The number of nitrogens with zero attached hydrogens (tertiary/aromatic N) is 4. The highest BCUT2D eigenvalue weighted by Gasteiger charge is 2.13. The number of aryl methyl sites for hydroxylation is 2. The van der Waals surface area contributed by atoms with Gasteiger partial charge in [-0.3, -0.25) is 4.68 Å². The van der Waals surface area contributed by atoms with Crippen LogP contribution in [-0.2, 0) is 25.9 Å². The third kappa shape index (κ3) is 3.42. The van der Waals surface area contributed by atoms with Crippen LogP contribution in [0.5, 0.6) is 0 Å². The summed E-state index contributed by atoms with van der Waals surface area (Å²) < 4.78 is 7.84. The minimum atomic E-state index is 0.727. The summed E-state index contributed by atoms with van der Waals surface area (Å²) in [5.41, 5.74) is 2.30. The zero-order chi connectivity index (χ0) is 13.7. The van der Waals surface area contributed by atoms with Crippen LogP contribution < -0.4 is 5.32 Å². The standard InChI is InChI=1S/C12H18BrN5O/c1-3-9-12(13)10(18(4-2)16-9)7-14-6-5-11-15-8-19-17-11/h8,14H,3-7H2,1-2H3. The van der Waals surface area contributed by atoms with Crippen LogP contribution in [0.4, 0.5) is 0 Å². The zero-order valence-corrected chi connectivity index (χ0v) is 12.8. The Hall–Kier alpha value is -1.21. The lowest BCUT2D eigenvalue weighted by molar-refractivity contribution is 0.409. The average molecular weight is 328 g/mol. The third-order valence-electron chi connectivity index (χ3n) is 2.92. The zero-order valence-electron chi connectivity index (χ0n) is 11.2. The molecule has 0 fully saturated rings. The topological polar surface area (TPSA) is 68.8 Å².